The molecule has 0 aliphatic heterocycles. The first-order valence-electron chi connectivity index (χ1n) is 8.90. The lowest BCUT2D eigenvalue weighted by Gasteiger charge is -2.10. The Labute approximate surface area is 163 Å². The SMILES string of the molecule is CCCCC/C(=N/NC(=O)COc1ccc(Br)cc1C)c1ccccc1. The molecule has 0 saturated heterocycles. The van der Waals surface area contributed by atoms with Crippen molar-refractivity contribution >= 4 is 27.5 Å². The van der Waals surface area contributed by atoms with Gasteiger partial charge in [-0.1, -0.05) is 66.0 Å². The van der Waals surface area contributed by atoms with Gasteiger partial charge in [0.05, 0.1) is 5.71 Å². The van der Waals surface area contributed by atoms with Gasteiger partial charge in [0.2, 0.25) is 0 Å². The largest absolute Gasteiger partial charge is 0.483 e. The van der Waals surface area contributed by atoms with Gasteiger partial charge >= 0.3 is 0 Å². The van der Waals surface area contributed by atoms with E-state index in [2.05, 4.69) is 33.4 Å². The molecule has 0 aliphatic carbocycles. The molecule has 0 radical (unpaired) electrons. The summed E-state index contributed by atoms with van der Waals surface area (Å²) in [5.74, 6) is 0.426. The summed E-state index contributed by atoms with van der Waals surface area (Å²) in [4.78, 5) is 12.1. The number of ether oxygens (including phenoxy) is 1. The first kappa shape index (κ1) is 20.2. The van der Waals surface area contributed by atoms with Crippen molar-refractivity contribution in [3.63, 3.8) is 0 Å². The maximum absolute atomic E-state index is 12.1. The molecule has 4 nitrogen and oxygen atoms in total. The molecule has 0 unspecified atom stereocenters. The molecular weight excluding hydrogens is 392 g/mol. The van der Waals surface area contributed by atoms with Crippen LogP contribution in [0.25, 0.3) is 0 Å². The number of unbranched alkanes of at least 4 members (excludes halogenated alkanes) is 2. The highest BCUT2D eigenvalue weighted by Gasteiger charge is 2.07. The highest BCUT2D eigenvalue weighted by Crippen LogP contribution is 2.21. The zero-order chi connectivity index (χ0) is 18.8. The summed E-state index contributed by atoms with van der Waals surface area (Å²) in [6, 6.07) is 15.6. The van der Waals surface area contributed by atoms with Gasteiger partial charge in [-0.3, -0.25) is 4.79 Å². The van der Waals surface area contributed by atoms with Gasteiger partial charge in [-0.2, -0.15) is 5.10 Å². The maximum atomic E-state index is 12.1. The van der Waals surface area contributed by atoms with Gasteiger partial charge in [0.1, 0.15) is 5.75 Å². The van der Waals surface area contributed by atoms with E-state index in [1.54, 1.807) is 0 Å². The third-order valence-corrected chi connectivity index (χ3v) is 4.43. The molecule has 0 atom stereocenters. The van der Waals surface area contributed by atoms with Crippen LogP contribution in [-0.2, 0) is 4.79 Å². The Balaban J connectivity index is 1.95. The van der Waals surface area contributed by atoms with Gasteiger partial charge in [-0.05, 0) is 49.1 Å². The van der Waals surface area contributed by atoms with E-state index in [-0.39, 0.29) is 12.5 Å². The van der Waals surface area contributed by atoms with E-state index >= 15 is 0 Å². The van der Waals surface area contributed by atoms with Crippen LogP contribution in [0, 0.1) is 6.92 Å². The average molecular weight is 417 g/mol. The van der Waals surface area contributed by atoms with Crippen LogP contribution < -0.4 is 10.2 Å². The van der Waals surface area contributed by atoms with Crippen LogP contribution in [0.1, 0.15) is 43.7 Å². The predicted octanol–water partition coefficient (Wildman–Crippen LogP) is 5.24. The van der Waals surface area contributed by atoms with Crippen LogP contribution in [0.3, 0.4) is 0 Å². The number of carbonyl (C=O) groups is 1. The molecule has 26 heavy (non-hydrogen) atoms. The molecule has 1 N–H and O–H groups in total. The smallest absolute Gasteiger partial charge is 0.277 e. The second-order valence-corrected chi connectivity index (χ2v) is 7.03. The van der Waals surface area contributed by atoms with Crippen LogP contribution in [0.15, 0.2) is 58.1 Å². The number of benzene rings is 2. The number of hydrogen-bond acceptors (Lipinski definition) is 3. The van der Waals surface area contributed by atoms with Crippen molar-refractivity contribution in [1.29, 1.82) is 0 Å². The summed E-state index contributed by atoms with van der Waals surface area (Å²) in [5.41, 5.74) is 5.53. The number of nitrogens with zero attached hydrogens (tertiary/aromatic N) is 1. The Hall–Kier alpha value is -2.14. The summed E-state index contributed by atoms with van der Waals surface area (Å²) in [7, 11) is 0. The predicted molar refractivity (Wildman–Crippen MR) is 110 cm³/mol. The number of carbonyl (C=O) groups excluding carboxylic acids is 1. The first-order chi connectivity index (χ1) is 12.6. The summed E-state index contributed by atoms with van der Waals surface area (Å²) in [6.45, 7) is 4.04. The van der Waals surface area contributed by atoms with Gasteiger partial charge in [0.25, 0.3) is 5.91 Å². The van der Waals surface area contributed by atoms with Gasteiger partial charge in [0.15, 0.2) is 6.61 Å². The summed E-state index contributed by atoms with van der Waals surface area (Å²) in [6.07, 6.45) is 4.18. The van der Waals surface area contributed by atoms with Crippen molar-refractivity contribution in [2.75, 3.05) is 6.61 Å². The molecule has 138 valence electrons. The fourth-order valence-electron chi connectivity index (χ4n) is 2.52. The van der Waals surface area contributed by atoms with Crippen molar-refractivity contribution in [3.05, 3.63) is 64.1 Å². The molecule has 2 aromatic carbocycles. The first-order valence-corrected chi connectivity index (χ1v) is 9.69. The maximum Gasteiger partial charge on any atom is 0.277 e. The molecule has 0 spiro atoms. The van der Waals surface area contributed by atoms with Crippen LogP contribution >= 0.6 is 15.9 Å². The van der Waals surface area contributed by atoms with Crippen molar-refractivity contribution < 1.29 is 9.53 Å². The zero-order valence-electron chi connectivity index (χ0n) is 15.3. The molecule has 0 saturated carbocycles. The summed E-state index contributed by atoms with van der Waals surface area (Å²) >= 11 is 3.41. The lowest BCUT2D eigenvalue weighted by Crippen LogP contribution is -2.26. The van der Waals surface area contributed by atoms with Gasteiger partial charge in [-0.15, -0.1) is 0 Å². The van der Waals surface area contributed by atoms with E-state index in [1.165, 1.54) is 0 Å². The minimum atomic E-state index is -0.267. The Morgan fingerprint density at radius 2 is 1.92 bits per heavy atom. The number of amides is 1. The molecule has 0 heterocycles. The molecule has 0 bridgehead atoms. The van der Waals surface area contributed by atoms with E-state index < -0.39 is 0 Å². The second kappa shape index (κ2) is 10.8. The fraction of sp³-hybridized carbons (Fsp3) is 0.333. The molecule has 2 rings (SSSR count). The van der Waals surface area contributed by atoms with Crippen LogP contribution in [0.4, 0.5) is 0 Å². The topological polar surface area (TPSA) is 50.7 Å². The lowest BCUT2D eigenvalue weighted by atomic mass is 10.0. The lowest BCUT2D eigenvalue weighted by molar-refractivity contribution is -0.123. The van der Waals surface area contributed by atoms with E-state index in [0.29, 0.717) is 5.75 Å². The normalized spacial score (nSPS) is 11.3. The van der Waals surface area contributed by atoms with E-state index in [9.17, 15) is 4.79 Å². The standard InChI is InChI=1S/C21H25BrN2O2/c1-3-4-6-11-19(17-9-7-5-8-10-17)23-24-21(25)15-26-20-13-12-18(22)14-16(20)2/h5,7-10,12-14H,3-4,6,11,15H2,1-2H3,(H,24,25)/b23-19-. The molecule has 1 amide bonds. The molecule has 0 aromatic heterocycles. The number of halogens is 1. The van der Waals surface area contributed by atoms with E-state index in [4.69, 9.17) is 4.74 Å². The molecule has 0 aliphatic rings. The molecule has 2 aromatic rings. The minimum absolute atomic E-state index is 0.0665. The summed E-state index contributed by atoms with van der Waals surface area (Å²) in [5, 5.41) is 4.34. The van der Waals surface area contributed by atoms with Crippen molar-refractivity contribution in [1.82, 2.24) is 5.43 Å². The van der Waals surface area contributed by atoms with Gasteiger partial charge < -0.3 is 4.74 Å². The fourth-order valence-corrected chi connectivity index (χ4v) is 2.99. The van der Waals surface area contributed by atoms with Crippen LogP contribution in [-0.4, -0.2) is 18.2 Å². The molecule has 5 heteroatoms. The molecule has 0 fully saturated rings. The molecular formula is C21H25BrN2O2. The van der Waals surface area contributed by atoms with E-state index in [0.717, 1.165) is 47.0 Å². The number of hydrogen-bond donors (Lipinski definition) is 1. The third kappa shape index (κ3) is 6.64. The minimum Gasteiger partial charge on any atom is -0.483 e. The van der Waals surface area contributed by atoms with Crippen molar-refractivity contribution in [3.8, 4) is 5.75 Å². The number of rotatable bonds is 9. The van der Waals surface area contributed by atoms with Crippen LogP contribution in [0.5, 0.6) is 5.75 Å². The zero-order valence-corrected chi connectivity index (χ0v) is 16.9. The highest BCUT2D eigenvalue weighted by molar-refractivity contribution is 9.10. The third-order valence-electron chi connectivity index (χ3n) is 3.94. The monoisotopic (exact) mass is 416 g/mol. The summed E-state index contributed by atoms with van der Waals surface area (Å²) < 4.78 is 6.57. The quantitative estimate of drug-likeness (QED) is 0.345. The Morgan fingerprint density at radius 1 is 1.15 bits per heavy atom. The van der Waals surface area contributed by atoms with E-state index in [1.807, 2.05) is 55.5 Å². The number of aryl methyl sites for hydroxylation is 1. The van der Waals surface area contributed by atoms with Crippen molar-refractivity contribution in [2.24, 2.45) is 5.10 Å². The van der Waals surface area contributed by atoms with Gasteiger partial charge in [0, 0.05) is 4.47 Å². The second-order valence-electron chi connectivity index (χ2n) is 6.12. The highest BCUT2D eigenvalue weighted by atomic mass is 79.9. The van der Waals surface area contributed by atoms with Gasteiger partial charge in [-0.25, -0.2) is 5.43 Å². The average Bonchev–Trinajstić information content (AvgIpc) is 2.64. The van der Waals surface area contributed by atoms with Crippen molar-refractivity contribution in [2.45, 2.75) is 39.5 Å². The Bertz CT molecular complexity index is 745. The Morgan fingerprint density at radius 3 is 2.62 bits per heavy atom. The number of nitrogens with one attached hydrogen (secondary N) is 1. The Kier molecular flexibility index (Phi) is 8.35. The number of hydrazone groups is 1. The van der Waals surface area contributed by atoms with Crippen LogP contribution in [0.2, 0.25) is 0 Å².